The standard InChI is InChI=1S/C16H15ClFN5O2/c1-9(11-5-13(18)10(2)19-7-11)20-15(24)8-23-16(25)22-4-3-12(17)6-14(22)21-23/h3-7,9H,8H2,1-2H3,(H,20,24)/t9-/m0/s1. The number of carbonyl (C=O) groups is 1. The minimum absolute atomic E-state index is 0.260. The zero-order valence-corrected chi connectivity index (χ0v) is 14.3. The fourth-order valence-corrected chi connectivity index (χ4v) is 2.51. The van der Waals surface area contributed by atoms with Crippen LogP contribution in [0.3, 0.4) is 0 Å². The van der Waals surface area contributed by atoms with E-state index in [9.17, 15) is 14.0 Å². The summed E-state index contributed by atoms with van der Waals surface area (Å²) in [4.78, 5) is 28.3. The molecule has 0 fully saturated rings. The Balaban J connectivity index is 1.75. The normalized spacial score (nSPS) is 12.3. The molecule has 3 heterocycles. The maximum atomic E-state index is 13.6. The van der Waals surface area contributed by atoms with Crippen molar-refractivity contribution in [2.75, 3.05) is 0 Å². The van der Waals surface area contributed by atoms with E-state index in [0.717, 1.165) is 4.68 Å². The van der Waals surface area contributed by atoms with Gasteiger partial charge in [-0.2, -0.15) is 0 Å². The number of amides is 1. The SMILES string of the molecule is Cc1ncc([C@H](C)NC(=O)Cn2nc3cc(Cl)ccn3c2=O)cc1F. The molecule has 3 rings (SSSR count). The Morgan fingerprint density at radius 2 is 2.20 bits per heavy atom. The molecule has 3 aromatic rings. The highest BCUT2D eigenvalue weighted by Gasteiger charge is 2.15. The Bertz CT molecular complexity index is 1010. The summed E-state index contributed by atoms with van der Waals surface area (Å²) in [7, 11) is 0. The molecule has 0 aromatic carbocycles. The molecule has 130 valence electrons. The second kappa shape index (κ2) is 6.64. The van der Waals surface area contributed by atoms with Gasteiger partial charge in [0.2, 0.25) is 5.91 Å². The summed E-state index contributed by atoms with van der Waals surface area (Å²) in [6, 6.07) is 3.95. The summed E-state index contributed by atoms with van der Waals surface area (Å²) in [5, 5.41) is 7.20. The van der Waals surface area contributed by atoms with Crippen molar-refractivity contribution in [3.8, 4) is 0 Å². The van der Waals surface area contributed by atoms with Crippen LogP contribution in [0, 0.1) is 12.7 Å². The van der Waals surface area contributed by atoms with Gasteiger partial charge in [-0.1, -0.05) is 11.6 Å². The molecule has 0 saturated carbocycles. The molecule has 25 heavy (non-hydrogen) atoms. The first-order valence-corrected chi connectivity index (χ1v) is 7.89. The zero-order valence-electron chi connectivity index (χ0n) is 13.5. The van der Waals surface area contributed by atoms with Gasteiger partial charge < -0.3 is 5.32 Å². The number of carbonyl (C=O) groups excluding carboxylic acids is 1. The molecular weight excluding hydrogens is 349 g/mol. The molecule has 0 saturated heterocycles. The van der Waals surface area contributed by atoms with Gasteiger partial charge in [0, 0.05) is 23.5 Å². The van der Waals surface area contributed by atoms with Crippen molar-refractivity contribution in [2.45, 2.75) is 26.4 Å². The first-order chi connectivity index (χ1) is 11.8. The summed E-state index contributed by atoms with van der Waals surface area (Å²) in [5.41, 5.74) is 0.725. The van der Waals surface area contributed by atoms with E-state index in [2.05, 4.69) is 15.4 Å². The largest absolute Gasteiger partial charge is 0.350 e. The fraction of sp³-hybridized carbons (Fsp3) is 0.250. The number of nitrogens with one attached hydrogen (secondary N) is 1. The number of hydrogen-bond acceptors (Lipinski definition) is 4. The van der Waals surface area contributed by atoms with E-state index in [4.69, 9.17) is 11.6 Å². The quantitative estimate of drug-likeness (QED) is 0.767. The second-order valence-electron chi connectivity index (χ2n) is 5.64. The molecular formula is C16H15ClFN5O2. The summed E-state index contributed by atoms with van der Waals surface area (Å²) >= 11 is 5.87. The van der Waals surface area contributed by atoms with Crippen molar-refractivity contribution in [3.63, 3.8) is 0 Å². The van der Waals surface area contributed by atoms with E-state index in [1.165, 1.54) is 28.9 Å². The van der Waals surface area contributed by atoms with Crippen LogP contribution in [0.5, 0.6) is 0 Å². The van der Waals surface area contributed by atoms with E-state index in [1.807, 2.05) is 0 Å². The Morgan fingerprint density at radius 3 is 2.92 bits per heavy atom. The first kappa shape index (κ1) is 17.1. The minimum atomic E-state index is -0.461. The average Bonchev–Trinajstić information content (AvgIpc) is 2.85. The zero-order chi connectivity index (χ0) is 18.1. The van der Waals surface area contributed by atoms with E-state index in [0.29, 0.717) is 16.2 Å². The summed E-state index contributed by atoms with van der Waals surface area (Å²) in [6.45, 7) is 3.00. The van der Waals surface area contributed by atoms with Crippen LogP contribution in [0.15, 0.2) is 35.4 Å². The number of aromatic nitrogens is 4. The average molecular weight is 364 g/mol. The van der Waals surface area contributed by atoms with Gasteiger partial charge in [0.15, 0.2) is 5.65 Å². The molecule has 9 heteroatoms. The monoisotopic (exact) mass is 363 g/mol. The molecule has 3 aromatic heterocycles. The summed E-state index contributed by atoms with van der Waals surface area (Å²) in [5.74, 6) is -0.864. The Hall–Kier alpha value is -2.74. The Kier molecular flexibility index (Phi) is 4.54. The lowest BCUT2D eigenvalue weighted by molar-refractivity contribution is -0.122. The molecule has 0 aliphatic carbocycles. The molecule has 0 aliphatic heterocycles. The maximum Gasteiger partial charge on any atom is 0.350 e. The highest BCUT2D eigenvalue weighted by Crippen LogP contribution is 2.14. The van der Waals surface area contributed by atoms with E-state index in [-0.39, 0.29) is 12.2 Å². The van der Waals surface area contributed by atoms with Crippen LogP contribution < -0.4 is 11.0 Å². The number of hydrogen-bond donors (Lipinski definition) is 1. The van der Waals surface area contributed by atoms with Crippen molar-refractivity contribution in [2.24, 2.45) is 0 Å². The lowest BCUT2D eigenvalue weighted by atomic mass is 10.1. The predicted molar refractivity (Wildman–Crippen MR) is 90.0 cm³/mol. The second-order valence-corrected chi connectivity index (χ2v) is 6.07. The van der Waals surface area contributed by atoms with Crippen LogP contribution in [0.25, 0.3) is 5.65 Å². The molecule has 1 amide bonds. The first-order valence-electron chi connectivity index (χ1n) is 7.51. The number of halogens is 2. The van der Waals surface area contributed by atoms with Crippen LogP contribution in [0.1, 0.15) is 24.2 Å². The lowest BCUT2D eigenvalue weighted by Gasteiger charge is -2.14. The van der Waals surface area contributed by atoms with Gasteiger partial charge >= 0.3 is 5.69 Å². The van der Waals surface area contributed by atoms with Crippen molar-refractivity contribution < 1.29 is 9.18 Å². The number of rotatable bonds is 4. The third-order valence-corrected chi connectivity index (χ3v) is 4.00. The minimum Gasteiger partial charge on any atom is -0.348 e. The van der Waals surface area contributed by atoms with Crippen LogP contribution in [-0.2, 0) is 11.3 Å². The van der Waals surface area contributed by atoms with Crippen molar-refractivity contribution in [1.82, 2.24) is 24.5 Å². The van der Waals surface area contributed by atoms with E-state index < -0.39 is 23.5 Å². The number of nitrogens with zero attached hydrogens (tertiary/aromatic N) is 4. The molecule has 1 N–H and O–H groups in total. The van der Waals surface area contributed by atoms with Crippen molar-refractivity contribution >= 4 is 23.2 Å². The molecule has 1 atom stereocenters. The Morgan fingerprint density at radius 1 is 1.44 bits per heavy atom. The highest BCUT2D eigenvalue weighted by molar-refractivity contribution is 6.30. The molecule has 0 bridgehead atoms. The third-order valence-electron chi connectivity index (χ3n) is 3.76. The van der Waals surface area contributed by atoms with Gasteiger partial charge in [-0.3, -0.25) is 14.2 Å². The van der Waals surface area contributed by atoms with Crippen molar-refractivity contribution in [3.05, 3.63) is 63.2 Å². The lowest BCUT2D eigenvalue weighted by Crippen LogP contribution is -2.34. The van der Waals surface area contributed by atoms with Gasteiger partial charge in [0.25, 0.3) is 0 Å². The van der Waals surface area contributed by atoms with Gasteiger partial charge in [0.05, 0.1) is 11.7 Å². The summed E-state index contributed by atoms with van der Waals surface area (Å²) in [6.07, 6.45) is 2.99. The van der Waals surface area contributed by atoms with Gasteiger partial charge in [-0.05, 0) is 31.5 Å². The van der Waals surface area contributed by atoms with Gasteiger partial charge in [-0.25, -0.2) is 13.9 Å². The Labute approximate surface area is 147 Å². The van der Waals surface area contributed by atoms with Crippen LogP contribution in [-0.4, -0.2) is 25.1 Å². The number of aryl methyl sites for hydroxylation is 1. The molecule has 0 spiro atoms. The van der Waals surface area contributed by atoms with Crippen LogP contribution >= 0.6 is 11.6 Å². The highest BCUT2D eigenvalue weighted by atomic mass is 35.5. The van der Waals surface area contributed by atoms with E-state index in [1.54, 1.807) is 19.9 Å². The predicted octanol–water partition coefficient (Wildman–Crippen LogP) is 1.87. The third kappa shape index (κ3) is 3.53. The van der Waals surface area contributed by atoms with Crippen LogP contribution in [0.4, 0.5) is 4.39 Å². The van der Waals surface area contributed by atoms with Gasteiger partial charge in [0.1, 0.15) is 12.4 Å². The number of fused-ring (bicyclic) bond motifs is 1. The maximum absolute atomic E-state index is 13.6. The van der Waals surface area contributed by atoms with Crippen LogP contribution in [0.2, 0.25) is 5.02 Å². The van der Waals surface area contributed by atoms with Crippen molar-refractivity contribution in [1.29, 1.82) is 0 Å². The molecule has 0 radical (unpaired) electrons. The molecule has 0 aliphatic rings. The van der Waals surface area contributed by atoms with Gasteiger partial charge in [-0.15, -0.1) is 5.10 Å². The summed E-state index contributed by atoms with van der Waals surface area (Å²) < 4.78 is 15.9. The topological polar surface area (TPSA) is 81.3 Å². The molecule has 7 nitrogen and oxygen atoms in total. The molecule has 0 unspecified atom stereocenters. The smallest absolute Gasteiger partial charge is 0.348 e. The number of pyridine rings is 2. The fourth-order valence-electron chi connectivity index (χ4n) is 2.36. The van der Waals surface area contributed by atoms with E-state index >= 15 is 0 Å².